The van der Waals surface area contributed by atoms with Crippen LogP contribution < -0.4 is 15.8 Å². The van der Waals surface area contributed by atoms with E-state index in [1.807, 2.05) is 71.3 Å². The molecule has 1 aliphatic rings. The molecule has 3 heterocycles. The van der Waals surface area contributed by atoms with E-state index in [1.165, 1.54) is 0 Å². The largest absolute Gasteiger partial charge is 0.459 e. The van der Waals surface area contributed by atoms with Gasteiger partial charge in [-0.2, -0.15) is 0 Å². The third-order valence-corrected chi connectivity index (χ3v) is 8.81. The van der Waals surface area contributed by atoms with Gasteiger partial charge in [0.15, 0.2) is 0 Å². The lowest BCUT2D eigenvalue weighted by molar-refractivity contribution is 0.0461. The third-order valence-electron chi connectivity index (χ3n) is 7.55. The van der Waals surface area contributed by atoms with Crippen LogP contribution in [0.3, 0.4) is 0 Å². The Kier molecular flexibility index (Phi) is 7.92. The lowest BCUT2D eigenvalue weighted by atomic mass is 10.0. The number of aromatic nitrogens is 2. The number of benzene rings is 3. The summed E-state index contributed by atoms with van der Waals surface area (Å²) >= 11 is 0. The van der Waals surface area contributed by atoms with E-state index in [2.05, 4.69) is 10.0 Å². The van der Waals surface area contributed by atoms with Gasteiger partial charge in [0.2, 0.25) is 10.0 Å². The minimum absolute atomic E-state index is 0.143. The fourth-order valence-electron chi connectivity index (χ4n) is 5.52. The van der Waals surface area contributed by atoms with Crippen molar-refractivity contribution in [1.82, 2.24) is 14.9 Å². The van der Waals surface area contributed by atoms with Crippen molar-refractivity contribution in [2.24, 2.45) is 5.73 Å². The predicted octanol–water partition coefficient (Wildman–Crippen LogP) is 4.55. The Morgan fingerprint density at radius 3 is 2.62 bits per heavy atom. The average Bonchev–Trinajstić information content (AvgIpc) is 3.64. The molecule has 0 bridgehead atoms. The molecule has 2 aromatic heterocycles. The number of fused-ring (bicyclic) bond motifs is 2. The van der Waals surface area contributed by atoms with Gasteiger partial charge in [-0.05, 0) is 71.6 Å². The summed E-state index contributed by atoms with van der Waals surface area (Å²) < 4.78 is 36.5. The highest BCUT2D eigenvalue weighted by Crippen LogP contribution is 2.29. The normalized spacial score (nSPS) is 15.3. The Morgan fingerprint density at radius 2 is 1.83 bits per heavy atom. The molecule has 1 saturated heterocycles. The van der Waals surface area contributed by atoms with Gasteiger partial charge in [-0.1, -0.05) is 54.6 Å². The molecule has 4 N–H and O–H groups in total. The van der Waals surface area contributed by atoms with Crippen LogP contribution >= 0.6 is 0 Å². The van der Waals surface area contributed by atoms with Gasteiger partial charge in [-0.3, -0.25) is 4.72 Å². The monoisotopic (exact) mass is 583 g/mol. The van der Waals surface area contributed by atoms with Crippen LogP contribution in [0, 0.1) is 0 Å². The minimum atomic E-state index is -3.68. The SMILES string of the molecule is NCc1ccc2cc(C(=O)OCC3CCCN3)n(Cc3cc(NS(=O)(=O)Cc4ccccc4)cc4ccccc34)c2n1. The fourth-order valence-corrected chi connectivity index (χ4v) is 6.70. The highest BCUT2D eigenvalue weighted by Gasteiger charge is 2.22. The van der Waals surface area contributed by atoms with Crippen LogP contribution in [0.15, 0.2) is 84.9 Å². The summed E-state index contributed by atoms with van der Waals surface area (Å²) in [4.78, 5) is 18.2. The molecule has 5 aromatic rings. The van der Waals surface area contributed by atoms with E-state index in [4.69, 9.17) is 15.5 Å². The Morgan fingerprint density at radius 1 is 1.02 bits per heavy atom. The van der Waals surface area contributed by atoms with Crippen molar-refractivity contribution >= 4 is 43.5 Å². The minimum Gasteiger partial charge on any atom is -0.459 e. The number of nitrogens with two attached hydrogens (primary N) is 1. The highest BCUT2D eigenvalue weighted by molar-refractivity contribution is 7.91. The zero-order valence-electron chi connectivity index (χ0n) is 23.1. The molecular formula is C32H33N5O4S. The van der Waals surface area contributed by atoms with Gasteiger partial charge in [0, 0.05) is 23.7 Å². The number of hydrogen-bond acceptors (Lipinski definition) is 7. The molecule has 1 fully saturated rings. The zero-order chi connectivity index (χ0) is 29.1. The number of nitrogens with one attached hydrogen (secondary N) is 2. The maximum atomic E-state index is 13.4. The van der Waals surface area contributed by atoms with Crippen LogP contribution in [-0.2, 0) is 33.6 Å². The second-order valence-electron chi connectivity index (χ2n) is 10.6. The van der Waals surface area contributed by atoms with Gasteiger partial charge < -0.3 is 20.4 Å². The van der Waals surface area contributed by atoms with Crippen LogP contribution in [0.4, 0.5) is 5.69 Å². The van der Waals surface area contributed by atoms with Crippen LogP contribution in [-0.4, -0.2) is 43.1 Å². The first-order chi connectivity index (χ1) is 20.4. The van der Waals surface area contributed by atoms with Crippen molar-refractivity contribution in [2.75, 3.05) is 17.9 Å². The fraction of sp³-hybridized carbons (Fsp3) is 0.250. The highest BCUT2D eigenvalue weighted by atomic mass is 32.2. The molecule has 1 aliphatic heterocycles. The van der Waals surface area contributed by atoms with Gasteiger partial charge in [0.1, 0.15) is 17.9 Å². The number of pyridine rings is 1. The van der Waals surface area contributed by atoms with Gasteiger partial charge in [0.05, 0.1) is 18.0 Å². The Balaban J connectivity index is 1.38. The summed E-state index contributed by atoms with van der Waals surface area (Å²) in [6, 6.07) is 26.2. The van der Waals surface area contributed by atoms with Crippen molar-refractivity contribution in [3.05, 3.63) is 107 Å². The second-order valence-corrected chi connectivity index (χ2v) is 12.4. The molecule has 10 heteroatoms. The summed E-state index contributed by atoms with van der Waals surface area (Å²) in [5.74, 6) is -0.574. The molecule has 0 radical (unpaired) electrons. The van der Waals surface area contributed by atoms with E-state index in [0.29, 0.717) is 34.9 Å². The number of hydrogen-bond donors (Lipinski definition) is 3. The average molecular weight is 584 g/mol. The summed E-state index contributed by atoms with van der Waals surface area (Å²) in [6.45, 7) is 1.75. The molecule has 0 spiro atoms. The number of carbonyl (C=O) groups excluding carboxylic acids is 1. The molecular weight excluding hydrogens is 550 g/mol. The number of ether oxygens (including phenoxy) is 1. The molecule has 6 rings (SSSR count). The Labute approximate surface area is 244 Å². The maximum absolute atomic E-state index is 13.4. The van der Waals surface area contributed by atoms with Crippen molar-refractivity contribution in [3.8, 4) is 0 Å². The Bertz CT molecular complexity index is 1850. The van der Waals surface area contributed by atoms with Crippen LogP contribution in [0.1, 0.15) is 40.2 Å². The molecule has 9 nitrogen and oxygen atoms in total. The standard InChI is InChI=1S/C32H33N5O4S/c33-18-26-13-12-24-17-30(32(38)41-20-27-10-6-14-34-27)37(31(24)35-26)19-25-16-28(15-23-9-4-5-11-29(23)25)36-42(39,40)21-22-7-2-1-3-8-22/h1-5,7-9,11-13,15-17,27,34,36H,6,10,14,18-21,33H2. The molecule has 216 valence electrons. The molecule has 1 unspecified atom stereocenters. The molecule has 0 amide bonds. The van der Waals surface area contributed by atoms with E-state index >= 15 is 0 Å². The number of anilines is 1. The van der Waals surface area contributed by atoms with Crippen molar-refractivity contribution in [1.29, 1.82) is 0 Å². The number of nitrogens with zero attached hydrogens (tertiary/aromatic N) is 2. The Hall–Kier alpha value is -4.25. The molecule has 3 aromatic carbocycles. The first-order valence-corrected chi connectivity index (χ1v) is 15.7. The predicted molar refractivity (Wildman–Crippen MR) is 165 cm³/mol. The molecule has 1 atom stereocenters. The first kappa shape index (κ1) is 27.9. The summed E-state index contributed by atoms with van der Waals surface area (Å²) in [5, 5.41) is 5.96. The quantitative estimate of drug-likeness (QED) is 0.206. The number of carbonyl (C=O) groups is 1. The van der Waals surface area contributed by atoms with Gasteiger partial charge in [0.25, 0.3) is 0 Å². The van der Waals surface area contributed by atoms with Gasteiger partial charge in [-0.15, -0.1) is 0 Å². The lowest BCUT2D eigenvalue weighted by Crippen LogP contribution is -2.28. The van der Waals surface area contributed by atoms with Crippen molar-refractivity contribution in [3.63, 3.8) is 0 Å². The van der Waals surface area contributed by atoms with Crippen LogP contribution in [0.25, 0.3) is 21.8 Å². The first-order valence-electron chi connectivity index (χ1n) is 14.0. The summed E-state index contributed by atoms with van der Waals surface area (Å²) in [5.41, 5.74) is 9.56. The third kappa shape index (κ3) is 6.15. The van der Waals surface area contributed by atoms with Gasteiger partial charge in [-0.25, -0.2) is 18.2 Å². The van der Waals surface area contributed by atoms with E-state index in [-0.39, 0.29) is 24.9 Å². The maximum Gasteiger partial charge on any atom is 0.355 e. The smallest absolute Gasteiger partial charge is 0.355 e. The topological polar surface area (TPSA) is 128 Å². The van der Waals surface area contributed by atoms with E-state index in [9.17, 15) is 13.2 Å². The number of rotatable bonds is 10. The molecule has 0 aliphatic carbocycles. The number of esters is 1. The summed E-state index contributed by atoms with van der Waals surface area (Å²) in [7, 11) is -3.68. The zero-order valence-corrected chi connectivity index (χ0v) is 23.9. The van der Waals surface area contributed by atoms with E-state index < -0.39 is 16.0 Å². The van der Waals surface area contributed by atoms with Crippen molar-refractivity contribution in [2.45, 2.75) is 37.7 Å². The molecule has 0 saturated carbocycles. The number of sulfonamides is 1. The molecule has 42 heavy (non-hydrogen) atoms. The van der Waals surface area contributed by atoms with E-state index in [0.717, 1.165) is 41.1 Å². The van der Waals surface area contributed by atoms with Crippen LogP contribution in [0.2, 0.25) is 0 Å². The lowest BCUT2D eigenvalue weighted by Gasteiger charge is -2.16. The van der Waals surface area contributed by atoms with Crippen molar-refractivity contribution < 1.29 is 17.9 Å². The van der Waals surface area contributed by atoms with Gasteiger partial charge >= 0.3 is 5.97 Å². The van der Waals surface area contributed by atoms with Crippen LogP contribution in [0.5, 0.6) is 0 Å². The van der Waals surface area contributed by atoms with E-state index in [1.54, 1.807) is 18.2 Å². The second kappa shape index (κ2) is 11.9. The summed E-state index contributed by atoms with van der Waals surface area (Å²) in [6.07, 6.45) is 2.03.